The summed E-state index contributed by atoms with van der Waals surface area (Å²) in [5.74, 6) is -0.247. The molecule has 5 rings (SSSR count). The minimum absolute atomic E-state index is 0.0481. The summed E-state index contributed by atoms with van der Waals surface area (Å²) in [6.07, 6.45) is 1.77. The molecule has 1 fully saturated rings. The topological polar surface area (TPSA) is 113 Å². The van der Waals surface area contributed by atoms with Gasteiger partial charge in [0, 0.05) is 22.6 Å². The lowest BCUT2D eigenvalue weighted by atomic mass is 10.0. The highest BCUT2D eigenvalue weighted by Crippen LogP contribution is 2.40. The van der Waals surface area contributed by atoms with Gasteiger partial charge in [-0.2, -0.15) is 0 Å². The Morgan fingerprint density at radius 1 is 1.16 bits per heavy atom. The van der Waals surface area contributed by atoms with E-state index in [2.05, 4.69) is 10.3 Å². The van der Waals surface area contributed by atoms with Crippen molar-refractivity contribution in [3.8, 4) is 22.5 Å². The van der Waals surface area contributed by atoms with Crippen molar-refractivity contribution >= 4 is 45.7 Å². The standard InChI is InChI=1S/C21H16FN2O5PS/c22-15-7-6-12(17-8-9-18(29-17)30(26,27)28)10-14(15)13-2-1-3-16-19(13)31-21(23-16)24-20(25)11-4-5-11/h1-3,6-11H,4-5H2,(H,23,24,25)(H2,26,27,28). The van der Waals surface area contributed by atoms with Gasteiger partial charge < -0.3 is 19.5 Å². The molecule has 0 radical (unpaired) electrons. The summed E-state index contributed by atoms with van der Waals surface area (Å²) in [6.45, 7) is 0. The van der Waals surface area contributed by atoms with Crippen molar-refractivity contribution < 1.29 is 28.0 Å². The molecule has 0 bridgehead atoms. The van der Waals surface area contributed by atoms with Crippen LogP contribution in [-0.4, -0.2) is 20.7 Å². The Bertz CT molecular complexity index is 1370. The molecule has 7 nitrogen and oxygen atoms in total. The number of furan rings is 1. The van der Waals surface area contributed by atoms with Crippen LogP contribution < -0.4 is 10.8 Å². The van der Waals surface area contributed by atoms with Crippen LogP contribution in [0.2, 0.25) is 0 Å². The zero-order valence-corrected chi connectivity index (χ0v) is 17.6. The molecule has 10 heteroatoms. The van der Waals surface area contributed by atoms with Gasteiger partial charge in [-0.05, 0) is 49.2 Å². The summed E-state index contributed by atoms with van der Waals surface area (Å²) in [6, 6.07) is 12.3. The quantitative estimate of drug-likeness (QED) is 0.379. The molecule has 158 valence electrons. The van der Waals surface area contributed by atoms with Crippen molar-refractivity contribution in [1.29, 1.82) is 0 Å². The third kappa shape index (κ3) is 3.93. The van der Waals surface area contributed by atoms with Gasteiger partial charge >= 0.3 is 7.60 Å². The van der Waals surface area contributed by atoms with Crippen LogP contribution in [-0.2, 0) is 9.36 Å². The Morgan fingerprint density at radius 3 is 2.68 bits per heavy atom. The SMILES string of the molecule is O=C(Nc1nc2cccc(-c3cc(-c4ccc(P(=O)(O)O)o4)ccc3F)c2s1)C1CC1. The number of rotatable bonds is 5. The van der Waals surface area contributed by atoms with E-state index < -0.39 is 18.9 Å². The van der Waals surface area contributed by atoms with E-state index in [0.29, 0.717) is 27.3 Å². The van der Waals surface area contributed by atoms with E-state index >= 15 is 0 Å². The lowest BCUT2D eigenvalue weighted by Gasteiger charge is -2.07. The van der Waals surface area contributed by atoms with Crippen LogP contribution >= 0.6 is 18.9 Å². The molecule has 1 aliphatic carbocycles. The van der Waals surface area contributed by atoms with E-state index in [1.165, 1.54) is 35.6 Å². The first-order valence-electron chi connectivity index (χ1n) is 9.46. The molecule has 0 spiro atoms. The molecule has 3 N–H and O–H groups in total. The number of amides is 1. The maximum absolute atomic E-state index is 14.8. The third-order valence-corrected chi connectivity index (χ3v) is 6.85. The van der Waals surface area contributed by atoms with Crippen LogP contribution in [0.3, 0.4) is 0 Å². The van der Waals surface area contributed by atoms with Crippen molar-refractivity contribution in [3.05, 3.63) is 54.3 Å². The molecule has 31 heavy (non-hydrogen) atoms. The number of thiazole rings is 1. The minimum Gasteiger partial charge on any atom is -0.448 e. The van der Waals surface area contributed by atoms with Gasteiger partial charge in [0.2, 0.25) is 11.4 Å². The van der Waals surface area contributed by atoms with Crippen molar-refractivity contribution in [2.75, 3.05) is 5.32 Å². The van der Waals surface area contributed by atoms with Gasteiger partial charge in [-0.15, -0.1) is 0 Å². The summed E-state index contributed by atoms with van der Waals surface area (Å²) in [4.78, 5) is 35.1. The molecule has 2 heterocycles. The molecule has 1 saturated carbocycles. The van der Waals surface area contributed by atoms with Crippen LogP contribution in [0.15, 0.2) is 52.9 Å². The summed E-state index contributed by atoms with van der Waals surface area (Å²) >= 11 is 1.27. The lowest BCUT2D eigenvalue weighted by Crippen LogP contribution is -2.12. The zero-order valence-electron chi connectivity index (χ0n) is 15.9. The van der Waals surface area contributed by atoms with Crippen LogP contribution in [0.25, 0.3) is 32.7 Å². The second-order valence-electron chi connectivity index (χ2n) is 7.31. The highest BCUT2D eigenvalue weighted by molar-refractivity contribution is 7.59. The number of halogens is 1. The molecular formula is C21H16FN2O5PS. The highest BCUT2D eigenvalue weighted by Gasteiger charge is 2.30. The van der Waals surface area contributed by atoms with Gasteiger partial charge in [0.25, 0.3) is 0 Å². The summed E-state index contributed by atoms with van der Waals surface area (Å²) < 4.78 is 32.2. The number of carbonyl (C=O) groups excluding carboxylic acids is 1. The monoisotopic (exact) mass is 458 g/mol. The maximum Gasteiger partial charge on any atom is 0.391 e. The molecule has 1 aliphatic rings. The average molecular weight is 458 g/mol. The summed E-state index contributed by atoms with van der Waals surface area (Å²) in [7, 11) is -4.52. The second kappa shape index (κ2) is 7.39. The van der Waals surface area contributed by atoms with Crippen molar-refractivity contribution in [2.24, 2.45) is 5.92 Å². The predicted octanol–water partition coefficient (Wildman–Crippen LogP) is 4.51. The molecule has 2 aromatic heterocycles. The number of aromatic nitrogens is 1. The van der Waals surface area contributed by atoms with Crippen LogP contribution in [0.4, 0.5) is 9.52 Å². The van der Waals surface area contributed by atoms with Crippen LogP contribution in [0.5, 0.6) is 0 Å². The number of nitrogens with one attached hydrogen (secondary N) is 1. The number of benzene rings is 2. The summed E-state index contributed by atoms with van der Waals surface area (Å²) in [5, 5.41) is 3.29. The van der Waals surface area contributed by atoms with Crippen LogP contribution in [0, 0.1) is 11.7 Å². The average Bonchev–Trinajstić information content (AvgIpc) is 3.29. The third-order valence-electron chi connectivity index (χ3n) is 5.01. The number of fused-ring (bicyclic) bond motifs is 1. The summed E-state index contributed by atoms with van der Waals surface area (Å²) in [5.41, 5.74) is 1.55. The van der Waals surface area contributed by atoms with E-state index in [1.54, 1.807) is 24.3 Å². The molecule has 0 unspecified atom stereocenters. The lowest BCUT2D eigenvalue weighted by molar-refractivity contribution is -0.117. The number of hydrogen-bond acceptors (Lipinski definition) is 5. The van der Waals surface area contributed by atoms with Crippen LogP contribution in [0.1, 0.15) is 12.8 Å². The van der Waals surface area contributed by atoms with E-state index in [1.807, 2.05) is 0 Å². The molecule has 2 aromatic carbocycles. The highest BCUT2D eigenvalue weighted by atomic mass is 32.1. The molecule has 0 atom stereocenters. The van der Waals surface area contributed by atoms with Gasteiger partial charge in [-0.3, -0.25) is 9.36 Å². The maximum atomic E-state index is 14.8. The predicted molar refractivity (Wildman–Crippen MR) is 116 cm³/mol. The number of carbonyl (C=O) groups is 1. The molecule has 4 aromatic rings. The fourth-order valence-corrected chi connectivity index (χ4v) is 4.77. The first-order valence-corrected chi connectivity index (χ1v) is 11.9. The Kier molecular flexibility index (Phi) is 4.79. The molecule has 0 saturated heterocycles. The van der Waals surface area contributed by atoms with Gasteiger partial charge in [-0.1, -0.05) is 23.5 Å². The Labute approximate surface area is 179 Å². The smallest absolute Gasteiger partial charge is 0.391 e. The van der Waals surface area contributed by atoms with E-state index in [0.717, 1.165) is 17.5 Å². The molecule has 0 aliphatic heterocycles. The van der Waals surface area contributed by atoms with Crippen molar-refractivity contribution in [2.45, 2.75) is 12.8 Å². The Balaban J connectivity index is 1.55. The fourth-order valence-electron chi connectivity index (χ4n) is 3.29. The fraction of sp³-hybridized carbons (Fsp3) is 0.143. The van der Waals surface area contributed by atoms with E-state index in [-0.39, 0.29) is 17.6 Å². The Hall–Kier alpha value is -2.84. The zero-order chi connectivity index (χ0) is 21.8. The van der Waals surface area contributed by atoms with E-state index in [9.17, 15) is 23.5 Å². The van der Waals surface area contributed by atoms with Gasteiger partial charge in [0.15, 0.2) is 5.13 Å². The first kappa shape index (κ1) is 20.1. The number of nitrogens with zero attached hydrogens (tertiary/aromatic N) is 1. The number of anilines is 1. The second-order valence-corrected chi connectivity index (χ2v) is 9.84. The van der Waals surface area contributed by atoms with E-state index in [4.69, 9.17) is 4.42 Å². The molecule has 1 amide bonds. The van der Waals surface area contributed by atoms with Gasteiger partial charge in [0.1, 0.15) is 11.6 Å². The van der Waals surface area contributed by atoms with Gasteiger partial charge in [0.05, 0.1) is 10.2 Å². The Morgan fingerprint density at radius 2 is 1.97 bits per heavy atom. The first-order chi connectivity index (χ1) is 14.8. The molecular weight excluding hydrogens is 442 g/mol. The normalized spacial score (nSPS) is 14.2. The van der Waals surface area contributed by atoms with Crippen molar-refractivity contribution in [3.63, 3.8) is 0 Å². The number of hydrogen-bond donors (Lipinski definition) is 3. The van der Waals surface area contributed by atoms with Gasteiger partial charge in [-0.25, -0.2) is 9.37 Å². The largest absolute Gasteiger partial charge is 0.448 e. The van der Waals surface area contributed by atoms with Crippen molar-refractivity contribution in [1.82, 2.24) is 4.98 Å². The minimum atomic E-state index is -4.52.